The van der Waals surface area contributed by atoms with Gasteiger partial charge in [0.15, 0.2) is 5.13 Å². The lowest BCUT2D eigenvalue weighted by Crippen LogP contribution is -2.13. The van der Waals surface area contributed by atoms with E-state index < -0.39 is 5.91 Å². The van der Waals surface area contributed by atoms with Gasteiger partial charge in [0.25, 0.3) is 5.91 Å². The number of aryl methyl sites for hydroxylation is 1. The molecule has 0 spiro atoms. The molecule has 1 aromatic heterocycles. The second-order valence-electron chi connectivity index (χ2n) is 7.24. The first kappa shape index (κ1) is 20.5. The number of rotatable bonds is 6. The minimum atomic E-state index is -0.447. The lowest BCUT2D eigenvalue weighted by atomic mass is 10.0. The van der Waals surface area contributed by atoms with Crippen molar-refractivity contribution in [2.45, 2.75) is 33.1 Å². The monoisotopic (exact) mass is 401 g/mol. The van der Waals surface area contributed by atoms with Gasteiger partial charge in [-0.1, -0.05) is 67.9 Å². The lowest BCUT2D eigenvalue weighted by molar-refractivity contribution is -0.112. The molecule has 0 aliphatic rings. The summed E-state index contributed by atoms with van der Waals surface area (Å²) in [7, 11) is 0. The van der Waals surface area contributed by atoms with Crippen LogP contribution in [-0.2, 0) is 11.2 Å². The Morgan fingerprint density at radius 3 is 2.66 bits per heavy atom. The number of thiazole rings is 1. The molecular formula is C24H23N3OS. The Balaban J connectivity index is 1.68. The number of nitrogens with one attached hydrogen (secondary N) is 1. The number of carbonyl (C=O) groups excluding carboxylic acids is 1. The number of nitriles is 1. The zero-order valence-electron chi connectivity index (χ0n) is 16.8. The predicted octanol–water partition coefficient (Wildman–Crippen LogP) is 5.71. The first-order valence-electron chi connectivity index (χ1n) is 9.48. The summed E-state index contributed by atoms with van der Waals surface area (Å²) in [5.41, 5.74) is 4.51. The van der Waals surface area contributed by atoms with Crippen molar-refractivity contribution in [3.63, 3.8) is 0 Å². The third-order valence-corrected chi connectivity index (χ3v) is 5.43. The summed E-state index contributed by atoms with van der Waals surface area (Å²) in [5, 5.41) is 12.6. The number of anilines is 1. The first-order chi connectivity index (χ1) is 13.9. The van der Waals surface area contributed by atoms with E-state index in [2.05, 4.69) is 49.3 Å². The van der Waals surface area contributed by atoms with Gasteiger partial charge in [-0.3, -0.25) is 10.1 Å². The number of aromatic nitrogens is 1. The molecule has 146 valence electrons. The van der Waals surface area contributed by atoms with E-state index in [1.165, 1.54) is 28.0 Å². The summed E-state index contributed by atoms with van der Waals surface area (Å²) in [6.45, 7) is 6.31. The smallest absolute Gasteiger partial charge is 0.268 e. The van der Waals surface area contributed by atoms with Crippen LogP contribution < -0.4 is 5.32 Å². The van der Waals surface area contributed by atoms with Gasteiger partial charge in [0.1, 0.15) is 11.6 Å². The van der Waals surface area contributed by atoms with Crippen molar-refractivity contribution in [2.24, 2.45) is 0 Å². The average Bonchev–Trinajstić information content (AvgIpc) is 3.13. The Morgan fingerprint density at radius 2 is 2.00 bits per heavy atom. The summed E-state index contributed by atoms with van der Waals surface area (Å²) < 4.78 is 0. The topological polar surface area (TPSA) is 65.8 Å². The molecule has 1 amide bonds. The van der Waals surface area contributed by atoms with Crippen LogP contribution in [0.25, 0.3) is 6.08 Å². The summed E-state index contributed by atoms with van der Waals surface area (Å²) in [6.07, 6.45) is 4.13. The Labute approximate surface area is 175 Å². The van der Waals surface area contributed by atoms with E-state index in [4.69, 9.17) is 0 Å². The Kier molecular flexibility index (Phi) is 6.58. The van der Waals surface area contributed by atoms with Gasteiger partial charge in [-0.2, -0.15) is 5.26 Å². The molecule has 0 saturated heterocycles. The van der Waals surface area contributed by atoms with E-state index in [9.17, 15) is 10.1 Å². The SMILES string of the molecule is Cc1cccc(Cc2cnc(NC(=O)C(C#N)=Cc3ccc(C(C)C)cc3)s2)c1. The maximum atomic E-state index is 12.5. The average molecular weight is 402 g/mol. The number of carbonyl (C=O) groups is 1. The molecule has 0 fully saturated rings. The Morgan fingerprint density at radius 1 is 1.24 bits per heavy atom. The van der Waals surface area contributed by atoms with Gasteiger partial charge in [-0.05, 0) is 35.6 Å². The van der Waals surface area contributed by atoms with Gasteiger partial charge in [0, 0.05) is 17.5 Å². The summed E-state index contributed by atoms with van der Waals surface area (Å²) in [5.74, 6) is -0.0115. The molecule has 0 radical (unpaired) electrons. The predicted molar refractivity (Wildman–Crippen MR) is 119 cm³/mol. The van der Waals surface area contributed by atoms with Crippen LogP contribution >= 0.6 is 11.3 Å². The van der Waals surface area contributed by atoms with Crippen LogP contribution in [0, 0.1) is 18.3 Å². The number of hydrogen-bond acceptors (Lipinski definition) is 4. The molecule has 0 aliphatic carbocycles. The van der Waals surface area contributed by atoms with Crippen LogP contribution in [0.1, 0.15) is 46.9 Å². The molecule has 3 aromatic rings. The summed E-state index contributed by atoms with van der Waals surface area (Å²) in [6, 6.07) is 18.2. The zero-order chi connectivity index (χ0) is 20.8. The quantitative estimate of drug-likeness (QED) is 0.425. The highest BCUT2D eigenvalue weighted by atomic mass is 32.1. The third kappa shape index (κ3) is 5.63. The number of benzene rings is 2. The fraction of sp³-hybridized carbons (Fsp3) is 0.208. The van der Waals surface area contributed by atoms with Crippen molar-refractivity contribution < 1.29 is 4.79 Å². The van der Waals surface area contributed by atoms with Crippen molar-refractivity contribution >= 4 is 28.5 Å². The molecule has 0 saturated carbocycles. The maximum absolute atomic E-state index is 12.5. The van der Waals surface area contributed by atoms with Crippen molar-refractivity contribution in [1.29, 1.82) is 5.26 Å². The maximum Gasteiger partial charge on any atom is 0.268 e. The normalized spacial score (nSPS) is 11.3. The van der Waals surface area contributed by atoms with E-state index in [1.54, 1.807) is 12.3 Å². The summed E-state index contributed by atoms with van der Waals surface area (Å²) in [4.78, 5) is 17.8. The number of amides is 1. The molecule has 0 atom stereocenters. The molecule has 0 aliphatic heterocycles. The molecule has 2 aromatic carbocycles. The van der Waals surface area contributed by atoms with E-state index in [0.29, 0.717) is 11.0 Å². The van der Waals surface area contributed by atoms with Crippen LogP contribution in [0.15, 0.2) is 60.3 Å². The fourth-order valence-electron chi connectivity index (χ4n) is 2.93. The minimum absolute atomic E-state index is 0.0535. The second-order valence-corrected chi connectivity index (χ2v) is 8.36. The van der Waals surface area contributed by atoms with Gasteiger partial charge in [-0.25, -0.2) is 4.98 Å². The van der Waals surface area contributed by atoms with Crippen molar-refractivity contribution in [1.82, 2.24) is 4.98 Å². The second kappa shape index (κ2) is 9.31. The van der Waals surface area contributed by atoms with E-state index in [0.717, 1.165) is 16.9 Å². The molecule has 1 N–H and O–H groups in total. The third-order valence-electron chi connectivity index (χ3n) is 4.51. The number of nitrogens with zero attached hydrogens (tertiary/aromatic N) is 2. The van der Waals surface area contributed by atoms with Gasteiger partial charge >= 0.3 is 0 Å². The first-order valence-corrected chi connectivity index (χ1v) is 10.3. The highest BCUT2D eigenvalue weighted by Crippen LogP contribution is 2.22. The van der Waals surface area contributed by atoms with Crippen LogP contribution in [0.5, 0.6) is 0 Å². The molecule has 4 nitrogen and oxygen atoms in total. The molecular weight excluding hydrogens is 378 g/mol. The molecule has 3 rings (SSSR count). The van der Waals surface area contributed by atoms with E-state index >= 15 is 0 Å². The van der Waals surface area contributed by atoms with Crippen LogP contribution in [0.3, 0.4) is 0 Å². The highest BCUT2D eigenvalue weighted by Gasteiger charge is 2.12. The zero-order valence-corrected chi connectivity index (χ0v) is 17.6. The Hall–Kier alpha value is -3.23. The van der Waals surface area contributed by atoms with E-state index in [-0.39, 0.29) is 5.57 Å². The molecule has 0 unspecified atom stereocenters. The van der Waals surface area contributed by atoms with Crippen LogP contribution in [-0.4, -0.2) is 10.9 Å². The van der Waals surface area contributed by atoms with Gasteiger partial charge in [0.2, 0.25) is 0 Å². The molecule has 29 heavy (non-hydrogen) atoms. The highest BCUT2D eigenvalue weighted by molar-refractivity contribution is 7.15. The van der Waals surface area contributed by atoms with E-state index in [1.807, 2.05) is 36.4 Å². The standard InChI is InChI=1S/C24H23N3OS/c1-16(2)20-9-7-18(8-10-20)12-21(14-25)23(28)27-24-26-15-22(29-24)13-19-6-4-5-17(3)11-19/h4-12,15-16H,13H2,1-3H3,(H,26,27,28). The largest absolute Gasteiger partial charge is 0.297 e. The van der Waals surface area contributed by atoms with Crippen LogP contribution in [0.4, 0.5) is 5.13 Å². The molecule has 1 heterocycles. The molecule has 0 bridgehead atoms. The van der Waals surface area contributed by atoms with Crippen LogP contribution in [0.2, 0.25) is 0 Å². The summed E-state index contributed by atoms with van der Waals surface area (Å²) >= 11 is 1.42. The van der Waals surface area contributed by atoms with Crippen molar-refractivity contribution in [2.75, 3.05) is 5.32 Å². The van der Waals surface area contributed by atoms with Crippen molar-refractivity contribution in [3.8, 4) is 6.07 Å². The van der Waals surface area contributed by atoms with Gasteiger partial charge in [-0.15, -0.1) is 11.3 Å². The number of hydrogen-bond donors (Lipinski definition) is 1. The minimum Gasteiger partial charge on any atom is -0.297 e. The lowest BCUT2D eigenvalue weighted by Gasteiger charge is -2.05. The van der Waals surface area contributed by atoms with Crippen molar-refractivity contribution in [3.05, 3.63) is 87.4 Å². The molecule has 5 heteroatoms. The fourth-order valence-corrected chi connectivity index (χ4v) is 3.77. The Bertz CT molecular complexity index is 1070. The van der Waals surface area contributed by atoms with Gasteiger partial charge < -0.3 is 0 Å². The van der Waals surface area contributed by atoms with Gasteiger partial charge in [0.05, 0.1) is 0 Å².